The van der Waals surface area contributed by atoms with Gasteiger partial charge in [0.25, 0.3) is 0 Å². The molecule has 0 aliphatic carbocycles. The van der Waals surface area contributed by atoms with Crippen LogP contribution in [0.4, 0.5) is 15.0 Å². The molecule has 0 saturated carbocycles. The molecule has 0 bridgehead atoms. The van der Waals surface area contributed by atoms with Gasteiger partial charge in [-0.3, -0.25) is 10.1 Å². The van der Waals surface area contributed by atoms with Crippen molar-refractivity contribution in [1.29, 1.82) is 0 Å². The van der Waals surface area contributed by atoms with E-state index in [1.165, 1.54) is 19.1 Å². The second kappa shape index (κ2) is 7.55. The highest BCUT2D eigenvalue weighted by Gasteiger charge is 2.27. The molecule has 138 valence electrons. The van der Waals surface area contributed by atoms with Gasteiger partial charge in [0.15, 0.2) is 0 Å². The average Bonchev–Trinajstić information content (AvgIpc) is 3.16. The summed E-state index contributed by atoms with van der Waals surface area (Å²) in [6, 6.07) is 6.04. The molecule has 1 atom stereocenters. The first-order valence-corrected chi connectivity index (χ1v) is 8.52. The number of rotatable bonds is 4. The van der Waals surface area contributed by atoms with E-state index in [-0.39, 0.29) is 23.8 Å². The van der Waals surface area contributed by atoms with Crippen LogP contribution in [0.15, 0.2) is 30.5 Å². The smallest absolute Gasteiger partial charge is 0.323 e. The van der Waals surface area contributed by atoms with Crippen LogP contribution in [0.25, 0.3) is 0 Å². The quantitative estimate of drug-likeness (QED) is 0.878. The highest BCUT2D eigenvalue weighted by molar-refractivity contribution is 5.89. The summed E-state index contributed by atoms with van der Waals surface area (Å²) in [5, 5.41) is 10.0. The number of carbonyl (C=O) groups is 2. The number of halogens is 1. The number of hydrogen-bond acceptors (Lipinski definition) is 3. The van der Waals surface area contributed by atoms with Crippen molar-refractivity contribution in [2.45, 2.75) is 32.9 Å². The van der Waals surface area contributed by atoms with Gasteiger partial charge in [-0.05, 0) is 31.0 Å². The lowest BCUT2D eigenvalue weighted by Crippen LogP contribution is -2.39. The molecule has 8 heteroatoms. The fraction of sp³-hybridized carbons (Fsp3) is 0.389. The minimum absolute atomic E-state index is 0.0171. The zero-order chi connectivity index (χ0) is 18.7. The summed E-state index contributed by atoms with van der Waals surface area (Å²) in [5.41, 5.74) is 1.59. The van der Waals surface area contributed by atoms with E-state index in [1.807, 2.05) is 13.0 Å². The number of carbonyl (C=O) groups excluding carboxylic acids is 2. The molecule has 2 heterocycles. The summed E-state index contributed by atoms with van der Waals surface area (Å²) in [6.45, 7) is 4.73. The zero-order valence-corrected chi connectivity index (χ0v) is 14.8. The molecule has 7 nitrogen and oxygen atoms in total. The molecule has 1 aromatic carbocycles. The normalized spacial score (nSPS) is 16.6. The Morgan fingerprint density at radius 1 is 1.38 bits per heavy atom. The van der Waals surface area contributed by atoms with E-state index < -0.39 is 0 Å². The molecule has 3 amide bonds. The summed E-state index contributed by atoms with van der Waals surface area (Å²) in [5.74, 6) is 0.182. The fourth-order valence-electron chi connectivity index (χ4n) is 3.10. The van der Waals surface area contributed by atoms with Crippen molar-refractivity contribution in [2.24, 2.45) is 0 Å². The predicted octanol–water partition coefficient (Wildman–Crippen LogP) is 2.12. The maximum Gasteiger partial charge on any atom is 0.323 e. The Labute approximate surface area is 151 Å². The third-order valence-electron chi connectivity index (χ3n) is 4.35. The second-order valence-electron chi connectivity index (χ2n) is 6.53. The summed E-state index contributed by atoms with van der Waals surface area (Å²) >= 11 is 0. The molecule has 3 rings (SSSR count). The second-order valence-corrected chi connectivity index (χ2v) is 6.53. The number of aryl methyl sites for hydroxylation is 1. The molecule has 1 aliphatic rings. The molecular formula is C18H22FN5O2. The molecule has 26 heavy (non-hydrogen) atoms. The lowest BCUT2D eigenvalue weighted by atomic mass is 10.2. The monoisotopic (exact) mass is 359 g/mol. The lowest BCUT2D eigenvalue weighted by molar-refractivity contribution is -0.119. The first-order chi connectivity index (χ1) is 12.4. The van der Waals surface area contributed by atoms with E-state index in [0.29, 0.717) is 25.5 Å². The standard InChI is InChI=1S/C18H22FN5O2/c1-12-9-20-24(10-14-4-3-5-15(19)8-14)17(12)22-18(26)23-7-6-16(11-23)21-13(2)25/h3-5,8-9,16H,6-7,10-11H2,1-2H3,(H,21,25)(H,22,26). The van der Waals surface area contributed by atoms with Crippen LogP contribution in [0.5, 0.6) is 0 Å². The predicted molar refractivity (Wildman–Crippen MR) is 95.3 cm³/mol. The van der Waals surface area contributed by atoms with Crippen LogP contribution in [0.1, 0.15) is 24.5 Å². The van der Waals surface area contributed by atoms with Crippen molar-refractivity contribution in [3.05, 3.63) is 47.4 Å². The molecule has 2 N–H and O–H groups in total. The van der Waals surface area contributed by atoms with Gasteiger partial charge in [0, 0.05) is 31.6 Å². The summed E-state index contributed by atoms with van der Waals surface area (Å²) in [7, 11) is 0. The van der Waals surface area contributed by atoms with Crippen molar-refractivity contribution in [2.75, 3.05) is 18.4 Å². The molecule has 1 aromatic heterocycles. The summed E-state index contributed by atoms with van der Waals surface area (Å²) < 4.78 is 15.0. The fourth-order valence-corrected chi connectivity index (χ4v) is 3.10. The third kappa shape index (κ3) is 4.19. The molecule has 1 aliphatic heterocycles. The number of nitrogens with one attached hydrogen (secondary N) is 2. The van der Waals surface area contributed by atoms with Gasteiger partial charge in [-0.25, -0.2) is 13.9 Å². The largest absolute Gasteiger partial charge is 0.352 e. The Hall–Kier alpha value is -2.90. The molecule has 1 fully saturated rings. The maximum atomic E-state index is 13.4. The van der Waals surface area contributed by atoms with Crippen molar-refractivity contribution < 1.29 is 14.0 Å². The van der Waals surface area contributed by atoms with Gasteiger partial charge in [-0.1, -0.05) is 12.1 Å². The van der Waals surface area contributed by atoms with E-state index in [1.54, 1.807) is 21.8 Å². The minimum atomic E-state index is -0.307. The SMILES string of the molecule is CC(=O)NC1CCN(C(=O)Nc2c(C)cnn2Cc2cccc(F)c2)C1. The number of hydrogen-bond donors (Lipinski definition) is 2. The number of nitrogens with zero attached hydrogens (tertiary/aromatic N) is 3. The molecule has 1 saturated heterocycles. The van der Waals surface area contributed by atoms with E-state index in [0.717, 1.165) is 17.5 Å². The van der Waals surface area contributed by atoms with Crippen molar-refractivity contribution in [3.63, 3.8) is 0 Å². The van der Waals surface area contributed by atoms with Crippen molar-refractivity contribution in [1.82, 2.24) is 20.0 Å². The van der Waals surface area contributed by atoms with Crippen LogP contribution >= 0.6 is 0 Å². The molecule has 0 spiro atoms. The van der Waals surface area contributed by atoms with Gasteiger partial charge < -0.3 is 10.2 Å². The summed E-state index contributed by atoms with van der Waals surface area (Å²) in [6.07, 6.45) is 2.40. The Kier molecular flexibility index (Phi) is 5.20. The summed E-state index contributed by atoms with van der Waals surface area (Å²) in [4.78, 5) is 25.4. The Balaban J connectivity index is 1.67. The van der Waals surface area contributed by atoms with Crippen LogP contribution in [0.3, 0.4) is 0 Å². The zero-order valence-electron chi connectivity index (χ0n) is 14.8. The van der Waals surface area contributed by atoms with Crippen LogP contribution in [0.2, 0.25) is 0 Å². The highest BCUT2D eigenvalue weighted by atomic mass is 19.1. The van der Waals surface area contributed by atoms with E-state index in [4.69, 9.17) is 0 Å². The maximum absolute atomic E-state index is 13.4. The average molecular weight is 359 g/mol. The van der Waals surface area contributed by atoms with Gasteiger partial charge >= 0.3 is 6.03 Å². The van der Waals surface area contributed by atoms with Crippen LogP contribution < -0.4 is 10.6 Å². The number of anilines is 1. The molecule has 0 radical (unpaired) electrons. The number of urea groups is 1. The number of likely N-dealkylation sites (tertiary alicyclic amines) is 1. The van der Waals surface area contributed by atoms with Crippen molar-refractivity contribution >= 4 is 17.8 Å². The first kappa shape index (κ1) is 17.9. The number of benzene rings is 1. The number of amides is 3. The van der Waals surface area contributed by atoms with Crippen LogP contribution in [0, 0.1) is 12.7 Å². The van der Waals surface area contributed by atoms with Gasteiger partial charge in [-0.15, -0.1) is 0 Å². The van der Waals surface area contributed by atoms with E-state index in [9.17, 15) is 14.0 Å². The lowest BCUT2D eigenvalue weighted by Gasteiger charge is -2.18. The Bertz CT molecular complexity index is 820. The van der Waals surface area contributed by atoms with Crippen LogP contribution in [-0.4, -0.2) is 45.8 Å². The third-order valence-corrected chi connectivity index (χ3v) is 4.35. The number of aromatic nitrogens is 2. The van der Waals surface area contributed by atoms with Gasteiger partial charge in [0.1, 0.15) is 11.6 Å². The Morgan fingerprint density at radius 2 is 2.19 bits per heavy atom. The molecule has 1 unspecified atom stereocenters. The van der Waals surface area contributed by atoms with E-state index >= 15 is 0 Å². The van der Waals surface area contributed by atoms with Crippen LogP contribution in [-0.2, 0) is 11.3 Å². The van der Waals surface area contributed by atoms with Gasteiger partial charge in [-0.2, -0.15) is 5.10 Å². The molecule has 2 aromatic rings. The van der Waals surface area contributed by atoms with Crippen molar-refractivity contribution in [3.8, 4) is 0 Å². The molecular weight excluding hydrogens is 337 g/mol. The van der Waals surface area contributed by atoms with Gasteiger partial charge in [0.05, 0.1) is 12.7 Å². The van der Waals surface area contributed by atoms with Gasteiger partial charge in [0.2, 0.25) is 5.91 Å². The highest BCUT2D eigenvalue weighted by Crippen LogP contribution is 2.18. The topological polar surface area (TPSA) is 79.3 Å². The van der Waals surface area contributed by atoms with E-state index in [2.05, 4.69) is 15.7 Å². The first-order valence-electron chi connectivity index (χ1n) is 8.52. The minimum Gasteiger partial charge on any atom is -0.352 e. The Morgan fingerprint density at radius 3 is 2.92 bits per heavy atom.